The van der Waals surface area contributed by atoms with Crippen LogP contribution in [0.4, 0.5) is 0 Å². The summed E-state index contributed by atoms with van der Waals surface area (Å²) in [6.07, 6.45) is 0. The van der Waals surface area contributed by atoms with Crippen LogP contribution in [0.2, 0.25) is 0 Å². The van der Waals surface area contributed by atoms with Gasteiger partial charge in [0.25, 0.3) is 5.91 Å². The van der Waals surface area contributed by atoms with Crippen molar-refractivity contribution in [1.29, 1.82) is 0 Å². The molecule has 110 valence electrons. The van der Waals surface area contributed by atoms with Gasteiger partial charge in [0.05, 0.1) is 0 Å². The SMILES string of the molecule is Cc1ccc(OCC(=O)N2CC(C)(C)NCC2C)cc1. The molecule has 1 aromatic rings. The van der Waals surface area contributed by atoms with Crippen LogP contribution in [0.5, 0.6) is 5.75 Å². The number of benzene rings is 1. The predicted octanol–water partition coefficient (Wildman–Crippen LogP) is 1.97. The number of piperazine rings is 1. The van der Waals surface area contributed by atoms with E-state index >= 15 is 0 Å². The lowest BCUT2D eigenvalue weighted by atomic mass is 9.99. The molecular weight excluding hydrogens is 252 g/mol. The minimum atomic E-state index is -0.0357. The molecule has 1 aromatic carbocycles. The molecule has 1 aliphatic heterocycles. The van der Waals surface area contributed by atoms with Crippen molar-refractivity contribution in [3.63, 3.8) is 0 Å². The number of aryl methyl sites for hydroxylation is 1. The van der Waals surface area contributed by atoms with Crippen LogP contribution in [0.25, 0.3) is 0 Å². The van der Waals surface area contributed by atoms with Gasteiger partial charge in [-0.05, 0) is 39.8 Å². The van der Waals surface area contributed by atoms with E-state index in [0.29, 0.717) is 6.54 Å². The van der Waals surface area contributed by atoms with E-state index < -0.39 is 0 Å². The van der Waals surface area contributed by atoms with Gasteiger partial charge in [0.1, 0.15) is 5.75 Å². The Labute approximate surface area is 121 Å². The first-order valence-corrected chi connectivity index (χ1v) is 7.11. The van der Waals surface area contributed by atoms with E-state index in [2.05, 4.69) is 26.1 Å². The molecule has 1 N–H and O–H groups in total. The van der Waals surface area contributed by atoms with Crippen molar-refractivity contribution in [2.45, 2.75) is 39.3 Å². The van der Waals surface area contributed by atoms with Crippen molar-refractivity contribution in [2.24, 2.45) is 0 Å². The van der Waals surface area contributed by atoms with Crippen molar-refractivity contribution in [2.75, 3.05) is 19.7 Å². The number of nitrogens with zero attached hydrogens (tertiary/aromatic N) is 1. The van der Waals surface area contributed by atoms with Crippen molar-refractivity contribution >= 4 is 5.91 Å². The molecule has 1 fully saturated rings. The Morgan fingerprint density at radius 3 is 2.70 bits per heavy atom. The zero-order valence-corrected chi connectivity index (χ0v) is 12.8. The van der Waals surface area contributed by atoms with Gasteiger partial charge in [0, 0.05) is 24.7 Å². The summed E-state index contributed by atoms with van der Waals surface area (Å²) in [6, 6.07) is 7.96. The number of rotatable bonds is 3. The van der Waals surface area contributed by atoms with E-state index in [4.69, 9.17) is 4.74 Å². The Balaban J connectivity index is 1.92. The summed E-state index contributed by atoms with van der Waals surface area (Å²) in [5.41, 5.74) is 1.15. The summed E-state index contributed by atoms with van der Waals surface area (Å²) in [5, 5.41) is 3.44. The summed E-state index contributed by atoms with van der Waals surface area (Å²) >= 11 is 0. The lowest BCUT2D eigenvalue weighted by Gasteiger charge is -2.43. The second-order valence-corrected chi connectivity index (χ2v) is 6.24. The van der Waals surface area contributed by atoms with Gasteiger partial charge in [0.15, 0.2) is 6.61 Å². The smallest absolute Gasteiger partial charge is 0.260 e. The summed E-state index contributed by atoms with van der Waals surface area (Å²) in [6.45, 7) is 9.95. The average Bonchev–Trinajstić information content (AvgIpc) is 2.40. The Morgan fingerprint density at radius 2 is 2.05 bits per heavy atom. The molecule has 20 heavy (non-hydrogen) atoms. The van der Waals surface area contributed by atoms with E-state index in [1.54, 1.807) is 0 Å². The molecular formula is C16H24N2O2. The fourth-order valence-electron chi connectivity index (χ4n) is 2.37. The van der Waals surface area contributed by atoms with Gasteiger partial charge in [-0.1, -0.05) is 17.7 Å². The molecule has 2 rings (SSSR count). The van der Waals surface area contributed by atoms with Crippen LogP contribution in [-0.4, -0.2) is 42.1 Å². The highest BCUT2D eigenvalue weighted by Gasteiger charge is 2.33. The van der Waals surface area contributed by atoms with Crippen LogP contribution in [0.15, 0.2) is 24.3 Å². The second-order valence-electron chi connectivity index (χ2n) is 6.24. The first-order chi connectivity index (χ1) is 9.37. The number of ether oxygens (including phenoxy) is 1. The third kappa shape index (κ3) is 3.73. The predicted molar refractivity (Wildman–Crippen MR) is 79.9 cm³/mol. The number of carbonyl (C=O) groups is 1. The van der Waals surface area contributed by atoms with Crippen LogP contribution in [0, 0.1) is 6.92 Å². The monoisotopic (exact) mass is 276 g/mol. The van der Waals surface area contributed by atoms with Gasteiger partial charge in [-0.3, -0.25) is 4.79 Å². The highest BCUT2D eigenvalue weighted by atomic mass is 16.5. The van der Waals surface area contributed by atoms with Crippen LogP contribution >= 0.6 is 0 Å². The van der Waals surface area contributed by atoms with E-state index in [-0.39, 0.29) is 24.1 Å². The summed E-state index contributed by atoms with van der Waals surface area (Å²) < 4.78 is 5.58. The summed E-state index contributed by atoms with van der Waals surface area (Å²) in [4.78, 5) is 14.2. The molecule has 1 saturated heterocycles. The maximum absolute atomic E-state index is 12.3. The Morgan fingerprint density at radius 1 is 1.40 bits per heavy atom. The molecule has 1 amide bonds. The molecule has 0 spiro atoms. The minimum Gasteiger partial charge on any atom is -0.484 e. The van der Waals surface area contributed by atoms with Gasteiger partial charge in [-0.25, -0.2) is 0 Å². The molecule has 0 saturated carbocycles. The second kappa shape index (κ2) is 5.83. The normalized spacial score (nSPS) is 21.6. The van der Waals surface area contributed by atoms with Crippen LogP contribution < -0.4 is 10.1 Å². The van der Waals surface area contributed by atoms with Gasteiger partial charge in [-0.2, -0.15) is 0 Å². The Hall–Kier alpha value is -1.55. The third-order valence-corrected chi connectivity index (χ3v) is 3.68. The molecule has 0 bridgehead atoms. The lowest BCUT2D eigenvalue weighted by molar-refractivity contribution is -0.138. The van der Waals surface area contributed by atoms with Gasteiger partial charge < -0.3 is 15.0 Å². The first kappa shape index (κ1) is 14.9. The van der Waals surface area contributed by atoms with Crippen LogP contribution in [-0.2, 0) is 4.79 Å². The van der Waals surface area contributed by atoms with Gasteiger partial charge >= 0.3 is 0 Å². The molecule has 4 heteroatoms. The molecule has 1 aliphatic rings. The number of hydrogen-bond acceptors (Lipinski definition) is 3. The number of nitrogens with one attached hydrogen (secondary N) is 1. The summed E-state index contributed by atoms with van der Waals surface area (Å²) in [5.74, 6) is 0.790. The maximum Gasteiger partial charge on any atom is 0.260 e. The largest absolute Gasteiger partial charge is 0.484 e. The standard InChI is InChI=1S/C16H24N2O2/c1-12-5-7-14(8-6-12)20-10-15(19)18-11-16(3,4)17-9-13(18)2/h5-8,13,17H,9-11H2,1-4H3. The fraction of sp³-hybridized carbons (Fsp3) is 0.562. The molecule has 1 unspecified atom stereocenters. The Kier molecular flexibility index (Phi) is 4.33. The molecule has 0 aromatic heterocycles. The molecule has 0 radical (unpaired) electrons. The minimum absolute atomic E-state index is 0.0357. The topological polar surface area (TPSA) is 41.6 Å². The quantitative estimate of drug-likeness (QED) is 0.918. The van der Waals surface area contributed by atoms with Crippen molar-refractivity contribution in [3.8, 4) is 5.75 Å². The maximum atomic E-state index is 12.3. The zero-order chi connectivity index (χ0) is 14.8. The Bertz CT molecular complexity index is 468. The average molecular weight is 276 g/mol. The highest BCUT2D eigenvalue weighted by Crippen LogP contribution is 2.16. The number of carbonyl (C=O) groups excluding carboxylic acids is 1. The number of hydrogen-bond donors (Lipinski definition) is 1. The molecule has 1 heterocycles. The zero-order valence-electron chi connectivity index (χ0n) is 12.8. The molecule has 1 atom stereocenters. The van der Waals surface area contributed by atoms with Crippen molar-refractivity contribution in [3.05, 3.63) is 29.8 Å². The van der Waals surface area contributed by atoms with Crippen LogP contribution in [0.3, 0.4) is 0 Å². The van der Waals surface area contributed by atoms with Gasteiger partial charge in [-0.15, -0.1) is 0 Å². The molecule has 4 nitrogen and oxygen atoms in total. The van der Waals surface area contributed by atoms with E-state index in [0.717, 1.165) is 12.3 Å². The van der Waals surface area contributed by atoms with E-state index in [1.165, 1.54) is 5.56 Å². The van der Waals surface area contributed by atoms with E-state index in [1.807, 2.05) is 36.1 Å². The highest BCUT2D eigenvalue weighted by molar-refractivity contribution is 5.78. The summed E-state index contributed by atoms with van der Waals surface area (Å²) in [7, 11) is 0. The number of amides is 1. The first-order valence-electron chi connectivity index (χ1n) is 7.11. The molecule has 0 aliphatic carbocycles. The van der Waals surface area contributed by atoms with Crippen LogP contribution in [0.1, 0.15) is 26.3 Å². The van der Waals surface area contributed by atoms with Gasteiger partial charge in [0.2, 0.25) is 0 Å². The van der Waals surface area contributed by atoms with Crippen molar-refractivity contribution < 1.29 is 9.53 Å². The fourth-order valence-corrected chi connectivity index (χ4v) is 2.37. The van der Waals surface area contributed by atoms with E-state index in [9.17, 15) is 4.79 Å². The third-order valence-electron chi connectivity index (χ3n) is 3.68. The van der Waals surface area contributed by atoms with Crippen molar-refractivity contribution in [1.82, 2.24) is 10.2 Å². The lowest BCUT2D eigenvalue weighted by Crippen LogP contribution is -2.62.